The van der Waals surface area contributed by atoms with Crippen molar-refractivity contribution in [1.82, 2.24) is 35.5 Å². The smallest absolute Gasteiger partial charge is 0.191 e. The van der Waals surface area contributed by atoms with Crippen LogP contribution in [0.15, 0.2) is 12.5 Å². The molecule has 0 aromatic carbocycles. The quantitative estimate of drug-likeness (QED) is 0.757. The Hall–Kier alpha value is -1.76. The van der Waals surface area contributed by atoms with Crippen LogP contribution in [0, 0.1) is 0 Å². The molecule has 7 heteroatoms. The molecule has 0 aliphatic heterocycles. The number of hydrogen-bond donors (Lipinski definition) is 2. The highest BCUT2D eigenvalue weighted by molar-refractivity contribution is 4.99. The summed E-state index contributed by atoms with van der Waals surface area (Å²) >= 11 is 0. The van der Waals surface area contributed by atoms with Gasteiger partial charge in [-0.3, -0.25) is 0 Å². The lowest BCUT2D eigenvalue weighted by atomic mass is 10.3. The Labute approximate surface area is 93.3 Å². The van der Waals surface area contributed by atoms with E-state index in [4.69, 9.17) is 0 Å². The topological polar surface area (TPSA) is 84.3 Å². The molecule has 0 aliphatic rings. The van der Waals surface area contributed by atoms with Crippen LogP contribution in [0.2, 0.25) is 0 Å². The maximum Gasteiger partial charge on any atom is 0.191 e. The highest BCUT2D eigenvalue weighted by atomic mass is 15.5. The fourth-order valence-corrected chi connectivity index (χ4v) is 1.48. The van der Waals surface area contributed by atoms with E-state index in [-0.39, 0.29) is 6.04 Å². The number of aromatic nitrogens is 6. The summed E-state index contributed by atoms with van der Waals surface area (Å²) < 4.78 is 2.09. The Balaban J connectivity index is 1.92. The van der Waals surface area contributed by atoms with Gasteiger partial charge in [-0.05, 0) is 13.8 Å². The zero-order chi connectivity index (χ0) is 11.4. The lowest BCUT2D eigenvalue weighted by Gasteiger charge is -2.10. The number of aryl methyl sites for hydroxylation is 1. The number of nitrogens with zero attached hydrogens (tertiary/aromatic N) is 5. The van der Waals surface area contributed by atoms with E-state index in [9.17, 15) is 0 Å². The third-order valence-electron chi connectivity index (χ3n) is 2.48. The van der Waals surface area contributed by atoms with Gasteiger partial charge in [0.25, 0.3) is 0 Å². The van der Waals surface area contributed by atoms with Crippen molar-refractivity contribution in [3.8, 4) is 0 Å². The normalized spacial score (nSPS) is 12.9. The molecule has 0 aliphatic carbocycles. The first-order valence-electron chi connectivity index (χ1n) is 5.27. The summed E-state index contributed by atoms with van der Waals surface area (Å²) in [6.45, 7) is 5.75. The lowest BCUT2D eigenvalue weighted by Crippen LogP contribution is -2.20. The van der Waals surface area contributed by atoms with E-state index in [2.05, 4.69) is 42.4 Å². The van der Waals surface area contributed by atoms with Crippen LogP contribution in [-0.4, -0.2) is 30.2 Å². The molecule has 16 heavy (non-hydrogen) atoms. The van der Waals surface area contributed by atoms with Gasteiger partial charge in [0.2, 0.25) is 0 Å². The Morgan fingerprint density at radius 3 is 3.12 bits per heavy atom. The molecule has 0 bridgehead atoms. The van der Waals surface area contributed by atoms with Crippen molar-refractivity contribution < 1.29 is 0 Å². The highest BCUT2D eigenvalue weighted by Crippen LogP contribution is 2.06. The summed E-state index contributed by atoms with van der Waals surface area (Å²) in [6.07, 6.45) is 3.69. The van der Waals surface area contributed by atoms with Gasteiger partial charge in [-0.2, -0.15) is 5.21 Å². The lowest BCUT2D eigenvalue weighted by molar-refractivity contribution is 0.527. The first kappa shape index (κ1) is 10.7. The summed E-state index contributed by atoms with van der Waals surface area (Å²) in [7, 11) is 0. The Morgan fingerprint density at radius 2 is 2.44 bits per heavy atom. The Kier molecular flexibility index (Phi) is 3.25. The second-order valence-corrected chi connectivity index (χ2v) is 3.54. The molecule has 2 heterocycles. The van der Waals surface area contributed by atoms with Crippen molar-refractivity contribution in [2.75, 3.05) is 0 Å². The molecule has 0 radical (unpaired) electrons. The molecule has 2 rings (SSSR count). The number of aromatic amines is 1. The van der Waals surface area contributed by atoms with Gasteiger partial charge in [0.05, 0.1) is 18.1 Å². The Morgan fingerprint density at radius 1 is 1.56 bits per heavy atom. The van der Waals surface area contributed by atoms with Crippen LogP contribution in [0.3, 0.4) is 0 Å². The standard InChI is InChI=1S/C9H15N7/c1-3-16-6-10-4-8(16)5-11-7(2)9-12-14-15-13-9/h4,6-7,11H,3,5H2,1-2H3,(H,12,13,14,15). The van der Waals surface area contributed by atoms with E-state index in [0.717, 1.165) is 18.8 Å². The largest absolute Gasteiger partial charge is 0.334 e. The van der Waals surface area contributed by atoms with Crippen LogP contribution in [0.25, 0.3) is 0 Å². The summed E-state index contributed by atoms with van der Waals surface area (Å²) in [5.41, 5.74) is 1.15. The average molecular weight is 221 g/mol. The van der Waals surface area contributed by atoms with Crippen LogP contribution >= 0.6 is 0 Å². The van der Waals surface area contributed by atoms with Gasteiger partial charge >= 0.3 is 0 Å². The van der Waals surface area contributed by atoms with Crippen molar-refractivity contribution in [3.63, 3.8) is 0 Å². The molecule has 0 fully saturated rings. The van der Waals surface area contributed by atoms with E-state index < -0.39 is 0 Å². The molecule has 86 valence electrons. The van der Waals surface area contributed by atoms with Gasteiger partial charge in [0.15, 0.2) is 5.82 Å². The van der Waals surface area contributed by atoms with E-state index >= 15 is 0 Å². The summed E-state index contributed by atoms with van der Waals surface area (Å²) in [6, 6.07) is 0.0685. The van der Waals surface area contributed by atoms with E-state index in [0.29, 0.717) is 5.82 Å². The minimum Gasteiger partial charge on any atom is -0.334 e. The molecule has 2 aromatic heterocycles. The minimum atomic E-state index is 0.0685. The maximum atomic E-state index is 4.11. The predicted molar refractivity (Wildman–Crippen MR) is 57.3 cm³/mol. The van der Waals surface area contributed by atoms with Crippen molar-refractivity contribution in [2.45, 2.75) is 33.0 Å². The minimum absolute atomic E-state index is 0.0685. The zero-order valence-corrected chi connectivity index (χ0v) is 9.38. The molecular formula is C9H15N7. The van der Waals surface area contributed by atoms with Crippen LogP contribution in [0.5, 0.6) is 0 Å². The first-order chi connectivity index (χ1) is 7.81. The van der Waals surface area contributed by atoms with Gasteiger partial charge < -0.3 is 9.88 Å². The van der Waals surface area contributed by atoms with Crippen molar-refractivity contribution in [3.05, 3.63) is 24.0 Å². The average Bonchev–Trinajstić information content (AvgIpc) is 2.96. The third-order valence-corrected chi connectivity index (χ3v) is 2.48. The number of H-pyrrole nitrogens is 1. The number of hydrogen-bond acceptors (Lipinski definition) is 5. The van der Waals surface area contributed by atoms with Crippen LogP contribution in [-0.2, 0) is 13.1 Å². The fraction of sp³-hybridized carbons (Fsp3) is 0.556. The van der Waals surface area contributed by atoms with Crippen LogP contribution in [0.4, 0.5) is 0 Å². The first-order valence-corrected chi connectivity index (χ1v) is 5.27. The van der Waals surface area contributed by atoms with E-state index in [1.165, 1.54) is 0 Å². The number of rotatable bonds is 5. The molecule has 0 saturated heterocycles. The van der Waals surface area contributed by atoms with Crippen molar-refractivity contribution in [2.24, 2.45) is 0 Å². The van der Waals surface area contributed by atoms with Gasteiger partial charge in [-0.25, -0.2) is 4.98 Å². The van der Waals surface area contributed by atoms with Gasteiger partial charge in [-0.1, -0.05) is 5.21 Å². The monoisotopic (exact) mass is 221 g/mol. The van der Waals surface area contributed by atoms with Gasteiger partial charge in [0, 0.05) is 19.3 Å². The number of tetrazole rings is 1. The SMILES string of the molecule is CCn1cncc1CNC(C)c1nn[nH]n1. The highest BCUT2D eigenvalue weighted by Gasteiger charge is 2.10. The Bertz CT molecular complexity index is 419. The molecule has 7 nitrogen and oxygen atoms in total. The molecule has 0 amide bonds. The molecule has 2 N–H and O–H groups in total. The fourth-order valence-electron chi connectivity index (χ4n) is 1.48. The maximum absolute atomic E-state index is 4.11. The summed E-state index contributed by atoms with van der Waals surface area (Å²) in [5.74, 6) is 0.669. The van der Waals surface area contributed by atoms with E-state index in [1.807, 2.05) is 19.4 Å². The molecule has 1 atom stereocenters. The number of imidazole rings is 1. The molecule has 0 saturated carbocycles. The van der Waals surface area contributed by atoms with E-state index in [1.54, 1.807) is 0 Å². The second kappa shape index (κ2) is 4.84. The summed E-state index contributed by atoms with van der Waals surface area (Å²) in [5, 5.41) is 17.1. The van der Waals surface area contributed by atoms with Crippen LogP contribution in [0.1, 0.15) is 31.4 Å². The van der Waals surface area contributed by atoms with Gasteiger partial charge in [0.1, 0.15) is 0 Å². The van der Waals surface area contributed by atoms with Crippen molar-refractivity contribution >= 4 is 0 Å². The molecular weight excluding hydrogens is 206 g/mol. The number of nitrogens with one attached hydrogen (secondary N) is 2. The van der Waals surface area contributed by atoms with Crippen molar-refractivity contribution in [1.29, 1.82) is 0 Å². The predicted octanol–water partition coefficient (Wildman–Crippen LogP) is 0.267. The third kappa shape index (κ3) is 2.25. The van der Waals surface area contributed by atoms with Crippen LogP contribution < -0.4 is 5.32 Å². The molecule has 2 aromatic rings. The molecule has 0 spiro atoms. The summed E-state index contributed by atoms with van der Waals surface area (Å²) in [4.78, 5) is 4.11. The molecule has 1 unspecified atom stereocenters. The van der Waals surface area contributed by atoms with Gasteiger partial charge in [-0.15, -0.1) is 10.2 Å². The zero-order valence-electron chi connectivity index (χ0n) is 9.38. The second-order valence-electron chi connectivity index (χ2n) is 3.54.